The summed E-state index contributed by atoms with van der Waals surface area (Å²) in [6.07, 6.45) is -1.52. The molecule has 180 valence electrons. The Labute approximate surface area is 207 Å². The molecule has 0 unspecified atom stereocenters. The van der Waals surface area contributed by atoms with Crippen LogP contribution in [0.25, 0.3) is 27.9 Å². The van der Waals surface area contributed by atoms with Crippen molar-refractivity contribution in [2.24, 2.45) is 5.10 Å². The van der Waals surface area contributed by atoms with E-state index in [2.05, 4.69) is 15.6 Å². The molecule has 0 aliphatic rings. The van der Waals surface area contributed by atoms with Crippen LogP contribution in [0, 0.1) is 0 Å². The number of hydrogen-bond donors (Lipinski definition) is 1. The number of nitrogens with zero attached hydrogens (tertiary/aromatic N) is 3. The Morgan fingerprint density at radius 1 is 1.00 bits per heavy atom. The zero-order chi connectivity index (χ0) is 25.3. The minimum absolute atomic E-state index is 0.0232. The van der Waals surface area contributed by atoms with Crippen LogP contribution in [0.15, 0.2) is 99.4 Å². The Hall–Kier alpha value is -4.37. The van der Waals surface area contributed by atoms with Crippen LogP contribution in [0.3, 0.4) is 0 Å². The highest BCUT2D eigenvalue weighted by Gasteiger charge is 2.31. The second-order valence-corrected chi connectivity index (χ2v) is 8.17. The van der Waals surface area contributed by atoms with Crippen molar-refractivity contribution in [1.82, 2.24) is 9.78 Å². The lowest BCUT2D eigenvalue weighted by Gasteiger charge is -2.09. The van der Waals surface area contributed by atoms with Crippen molar-refractivity contribution in [3.05, 3.63) is 112 Å². The first-order chi connectivity index (χ1) is 17.3. The van der Waals surface area contributed by atoms with Gasteiger partial charge in [-0.1, -0.05) is 48.0 Å². The van der Waals surface area contributed by atoms with E-state index in [4.69, 9.17) is 16.0 Å². The van der Waals surface area contributed by atoms with E-state index in [9.17, 15) is 18.0 Å². The average molecular weight is 509 g/mol. The molecular weight excluding hydrogens is 493 g/mol. The molecule has 0 aliphatic heterocycles. The Morgan fingerprint density at radius 2 is 1.75 bits per heavy atom. The number of rotatable bonds is 5. The first-order valence-corrected chi connectivity index (χ1v) is 11.0. The first kappa shape index (κ1) is 23.4. The summed E-state index contributed by atoms with van der Waals surface area (Å²) >= 11 is 6.04. The Morgan fingerprint density at radius 3 is 2.53 bits per heavy atom. The highest BCUT2D eigenvalue weighted by molar-refractivity contribution is 6.33. The lowest BCUT2D eigenvalue weighted by molar-refractivity contribution is -0.137. The molecule has 2 aromatic heterocycles. The first-order valence-electron chi connectivity index (χ1n) is 10.6. The van der Waals surface area contributed by atoms with E-state index < -0.39 is 17.4 Å². The second-order valence-electron chi connectivity index (χ2n) is 7.76. The van der Waals surface area contributed by atoms with E-state index >= 15 is 0 Å². The quantitative estimate of drug-likeness (QED) is 0.162. The van der Waals surface area contributed by atoms with Gasteiger partial charge in [0.05, 0.1) is 33.7 Å². The minimum Gasteiger partial charge on any atom is -0.422 e. The lowest BCUT2D eigenvalue weighted by atomic mass is 10.1. The van der Waals surface area contributed by atoms with Gasteiger partial charge in [-0.25, -0.2) is 9.48 Å². The van der Waals surface area contributed by atoms with Gasteiger partial charge in [-0.2, -0.15) is 23.4 Å². The van der Waals surface area contributed by atoms with E-state index in [-0.39, 0.29) is 16.3 Å². The number of alkyl halides is 3. The molecule has 5 aromatic rings. The zero-order valence-electron chi connectivity index (χ0n) is 18.3. The van der Waals surface area contributed by atoms with Crippen molar-refractivity contribution in [1.29, 1.82) is 0 Å². The summed E-state index contributed by atoms with van der Waals surface area (Å²) in [5, 5.41) is 9.41. The molecule has 0 aliphatic carbocycles. The third kappa shape index (κ3) is 4.73. The summed E-state index contributed by atoms with van der Waals surface area (Å²) in [5.41, 5.74) is 3.17. The van der Waals surface area contributed by atoms with Crippen LogP contribution < -0.4 is 11.1 Å². The third-order valence-electron chi connectivity index (χ3n) is 5.34. The van der Waals surface area contributed by atoms with Crippen molar-refractivity contribution in [2.45, 2.75) is 6.18 Å². The summed E-state index contributed by atoms with van der Waals surface area (Å²) < 4.78 is 46.3. The largest absolute Gasteiger partial charge is 0.422 e. The Balaban J connectivity index is 1.56. The number of fused-ring (bicyclic) bond motifs is 1. The highest BCUT2D eigenvalue weighted by Crippen LogP contribution is 2.34. The van der Waals surface area contributed by atoms with Gasteiger partial charge in [0, 0.05) is 17.1 Å². The predicted octanol–water partition coefficient (Wildman–Crippen LogP) is 6.76. The molecular formula is C26H16ClF3N4O2. The maximum atomic E-state index is 13.1. The molecule has 0 bridgehead atoms. The van der Waals surface area contributed by atoms with E-state index in [0.717, 1.165) is 23.9 Å². The molecule has 0 atom stereocenters. The van der Waals surface area contributed by atoms with Gasteiger partial charge in [0.1, 0.15) is 11.3 Å². The van der Waals surface area contributed by atoms with Crippen LogP contribution in [0.2, 0.25) is 5.02 Å². The van der Waals surface area contributed by atoms with Crippen LogP contribution in [0.5, 0.6) is 0 Å². The normalized spacial score (nSPS) is 11.9. The number of para-hydroxylation sites is 2. The molecule has 36 heavy (non-hydrogen) atoms. The summed E-state index contributed by atoms with van der Waals surface area (Å²) in [6, 6.07) is 20.9. The molecule has 0 fully saturated rings. The summed E-state index contributed by atoms with van der Waals surface area (Å²) in [4.78, 5) is 12.8. The van der Waals surface area contributed by atoms with E-state index in [1.165, 1.54) is 6.21 Å². The number of anilines is 1. The summed E-state index contributed by atoms with van der Waals surface area (Å²) in [5.74, 6) is 0. The maximum absolute atomic E-state index is 13.1. The lowest BCUT2D eigenvalue weighted by Crippen LogP contribution is -2.06. The number of hydrogen-bond acceptors (Lipinski definition) is 5. The van der Waals surface area contributed by atoms with Crippen molar-refractivity contribution >= 4 is 34.5 Å². The molecule has 5 rings (SSSR count). The van der Waals surface area contributed by atoms with Gasteiger partial charge < -0.3 is 4.42 Å². The number of hydrazone groups is 1. The molecule has 10 heteroatoms. The fourth-order valence-corrected chi connectivity index (χ4v) is 3.75. The maximum Gasteiger partial charge on any atom is 0.416 e. The molecule has 6 nitrogen and oxygen atoms in total. The number of halogens is 4. The average Bonchev–Trinajstić information content (AvgIpc) is 3.28. The minimum atomic E-state index is -4.53. The van der Waals surface area contributed by atoms with Gasteiger partial charge >= 0.3 is 11.8 Å². The standard InChI is InChI=1S/C26H16ClF3N4O2/c27-21-11-10-18(26(28,29)30)13-22(21)32-31-14-17-15-34(19-7-2-1-3-8-19)33-24(17)20-12-16-6-4-5-9-23(16)36-25(20)35/h1-15,32H. The molecule has 0 spiro atoms. The van der Waals surface area contributed by atoms with Crippen LogP contribution >= 0.6 is 11.6 Å². The van der Waals surface area contributed by atoms with Crippen LogP contribution in [0.4, 0.5) is 18.9 Å². The zero-order valence-corrected chi connectivity index (χ0v) is 19.1. The van der Waals surface area contributed by atoms with Crippen molar-refractivity contribution < 1.29 is 17.6 Å². The highest BCUT2D eigenvalue weighted by atomic mass is 35.5. The van der Waals surface area contributed by atoms with Gasteiger partial charge in [-0.15, -0.1) is 0 Å². The van der Waals surface area contributed by atoms with Crippen LogP contribution in [-0.2, 0) is 6.18 Å². The summed E-state index contributed by atoms with van der Waals surface area (Å²) in [6.45, 7) is 0. The van der Waals surface area contributed by atoms with Crippen molar-refractivity contribution in [2.75, 3.05) is 5.43 Å². The summed E-state index contributed by atoms with van der Waals surface area (Å²) in [7, 11) is 0. The smallest absolute Gasteiger partial charge is 0.416 e. The van der Waals surface area contributed by atoms with Crippen LogP contribution in [0.1, 0.15) is 11.1 Å². The third-order valence-corrected chi connectivity index (χ3v) is 5.67. The number of aromatic nitrogens is 2. The van der Waals surface area contributed by atoms with E-state index in [1.807, 2.05) is 36.4 Å². The van der Waals surface area contributed by atoms with Gasteiger partial charge in [0.15, 0.2) is 0 Å². The van der Waals surface area contributed by atoms with Crippen molar-refractivity contribution in [3.8, 4) is 16.9 Å². The number of nitrogens with one attached hydrogen (secondary N) is 1. The molecule has 1 N–H and O–H groups in total. The fraction of sp³-hybridized carbons (Fsp3) is 0.0385. The molecule has 0 radical (unpaired) electrons. The van der Waals surface area contributed by atoms with E-state index in [1.54, 1.807) is 35.1 Å². The predicted molar refractivity (Wildman–Crippen MR) is 133 cm³/mol. The van der Waals surface area contributed by atoms with E-state index in [0.29, 0.717) is 22.2 Å². The fourth-order valence-electron chi connectivity index (χ4n) is 3.59. The molecule has 0 amide bonds. The van der Waals surface area contributed by atoms with Gasteiger partial charge in [0.25, 0.3) is 0 Å². The Bertz CT molecular complexity index is 1640. The van der Waals surface area contributed by atoms with Crippen LogP contribution in [-0.4, -0.2) is 16.0 Å². The topological polar surface area (TPSA) is 72.4 Å². The SMILES string of the molecule is O=c1oc2ccccc2cc1-c1nn(-c2ccccc2)cc1C=NNc1cc(C(F)(F)F)ccc1Cl. The number of benzene rings is 3. The molecule has 2 heterocycles. The van der Waals surface area contributed by atoms with Gasteiger partial charge in [-0.3, -0.25) is 5.43 Å². The molecule has 0 saturated carbocycles. The molecule has 0 saturated heterocycles. The van der Waals surface area contributed by atoms with Gasteiger partial charge in [0.2, 0.25) is 0 Å². The Kier molecular flexibility index (Phi) is 6.07. The molecule has 3 aromatic carbocycles. The van der Waals surface area contributed by atoms with Gasteiger partial charge in [-0.05, 0) is 42.5 Å². The second kappa shape index (κ2) is 9.35. The monoisotopic (exact) mass is 508 g/mol. The van der Waals surface area contributed by atoms with Crippen molar-refractivity contribution in [3.63, 3.8) is 0 Å².